The summed E-state index contributed by atoms with van der Waals surface area (Å²) in [5.41, 5.74) is 0.385. The van der Waals surface area contributed by atoms with Gasteiger partial charge in [0.15, 0.2) is 0 Å². The summed E-state index contributed by atoms with van der Waals surface area (Å²) in [7, 11) is 0. The zero-order chi connectivity index (χ0) is 10.3. The maximum absolute atomic E-state index is 10.9. The first-order valence-electron chi connectivity index (χ1n) is 4.13. The molecule has 0 aromatic carbocycles. The van der Waals surface area contributed by atoms with E-state index in [1.807, 2.05) is 0 Å². The lowest BCUT2D eigenvalue weighted by Gasteiger charge is -2.10. The van der Waals surface area contributed by atoms with E-state index in [0.29, 0.717) is 12.0 Å². The third kappa shape index (κ3) is 6.31. The molecule has 0 rings (SSSR count). The summed E-state index contributed by atoms with van der Waals surface area (Å²) in [5.74, 6) is -0.392. The van der Waals surface area contributed by atoms with Gasteiger partial charge in [-0.2, -0.15) is 0 Å². The largest absolute Gasteiger partial charge is 0.462 e. The number of carbonyl (C=O) groups excluding carboxylic acids is 1. The maximum Gasteiger partial charge on any atom is 0.333 e. The molecule has 1 atom stereocenters. The second-order valence-corrected chi connectivity index (χ2v) is 2.81. The molecule has 0 spiro atoms. The summed E-state index contributed by atoms with van der Waals surface area (Å²) >= 11 is 0. The van der Waals surface area contributed by atoms with Crippen LogP contribution in [0.1, 0.15) is 20.3 Å². The first-order chi connectivity index (χ1) is 6.07. The molecule has 4 heteroatoms. The standard InChI is InChI=1S/C9H16O4/c1-7(2)9(11)12-5-4-8(3)13-6-10/h8,10H,1,4-6H2,2-3H3. The van der Waals surface area contributed by atoms with Gasteiger partial charge in [0, 0.05) is 12.0 Å². The highest BCUT2D eigenvalue weighted by Crippen LogP contribution is 1.99. The highest BCUT2D eigenvalue weighted by molar-refractivity contribution is 5.86. The summed E-state index contributed by atoms with van der Waals surface area (Å²) in [6.07, 6.45) is 0.461. The molecule has 0 aromatic rings. The van der Waals surface area contributed by atoms with Gasteiger partial charge in [0.1, 0.15) is 6.79 Å². The minimum atomic E-state index is -0.392. The van der Waals surface area contributed by atoms with Crippen LogP contribution in [0.2, 0.25) is 0 Å². The Morgan fingerprint density at radius 1 is 1.62 bits per heavy atom. The number of aliphatic hydroxyl groups is 1. The van der Waals surface area contributed by atoms with Crippen molar-refractivity contribution in [3.8, 4) is 0 Å². The highest BCUT2D eigenvalue weighted by atomic mass is 16.6. The minimum absolute atomic E-state index is 0.108. The Morgan fingerprint density at radius 2 is 2.23 bits per heavy atom. The predicted molar refractivity (Wildman–Crippen MR) is 48.0 cm³/mol. The molecule has 0 bridgehead atoms. The first kappa shape index (κ1) is 12.1. The summed E-state index contributed by atoms with van der Waals surface area (Å²) in [6.45, 7) is 6.81. The topological polar surface area (TPSA) is 55.8 Å². The number of rotatable bonds is 6. The quantitative estimate of drug-likeness (QED) is 0.381. The van der Waals surface area contributed by atoms with Crippen LogP contribution in [0.4, 0.5) is 0 Å². The lowest BCUT2D eigenvalue weighted by molar-refractivity contribution is -0.140. The molecule has 0 heterocycles. The average molecular weight is 188 g/mol. The number of hydrogen-bond donors (Lipinski definition) is 1. The van der Waals surface area contributed by atoms with Crippen LogP contribution in [0.25, 0.3) is 0 Å². The van der Waals surface area contributed by atoms with Crippen molar-refractivity contribution in [2.45, 2.75) is 26.4 Å². The molecule has 0 saturated carbocycles. The Hall–Kier alpha value is -0.870. The number of esters is 1. The zero-order valence-electron chi connectivity index (χ0n) is 8.08. The normalized spacial score (nSPS) is 12.2. The lowest BCUT2D eigenvalue weighted by atomic mass is 10.3. The molecule has 1 unspecified atom stereocenters. The lowest BCUT2D eigenvalue weighted by Crippen LogP contribution is -2.14. The van der Waals surface area contributed by atoms with Crippen molar-refractivity contribution in [2.24, 2.45) is 0 Å². The second kappa shape index (κ2) is 6.62. The van der Waals surface area contributed by atoms with Gasteiger partial charge in [-0.3, -0.25) is 0 Å². The maximum atomic E-state index is 10.9. The van der Waals surface area contributed by atoms with Crippen molar-refractivity contribution < 1.29 is 19.4 Å². The Morgan fingerprint density at radius 3 is 2.69 bits per heavy atom. The summed E-state index contributed by atoms with van der Waals surface area (Å²) in [6, 6.07) is 0. The van der Waals surface area contributed by atoms with Crippen LogP contribution in [0.3, 0.4) is 0 Å². The van der Waals surface area contributed by atoms with Gasteiger partial charge in [-0.05, 0) is 13.8 Å². The molecule has 4 nitrogen and oxygen atoms in total. The summed E-state index contributed by atoms with van der Waals surface area (Å²) < 4.78 is 9.65. The van der Waals surface area contributed by atoms with E-state index in [4.69, 9.17) is 14.6 Å². The van der Waals surface area contributed by atoms with Crippen LogP contribution < -0.4 is 0 Å². The highest BCUT2D eigenvalue weighted by Gasteiger charge is 2.05. The van der Waals surface area contributed by atoms with Crippen LogP contribution >= 0.6 is 0 Å². The smallest absolute Gasteiger partial charge is 0.333 e. The predicted octanol–water partition coefficient (Wildman–Crippen LogP) is 0.851. The third-order valence-electron chi connectivity index (χ3n) is 1.47. The van der Waals surface area contributed by atoms with Crippen molar-refractivity contribution >= 4 is 5.97 Å². The molecule has 0 aliphatic rings. The second-order valence-electron chi connectivity index (χ2n) is 2.81. The number of ether oxygens (including phenoxy) is 2. The fraction of sp³-hybridized carbons (Fsp3) is 0.667. The summed E-state index contributed by atoms with van der Waals surface area (Å²) in [5, 5.41) is 8.39. The van der Waals surface area contributed by atoms with Crippen LogP contribution in [0.5, 0.6) is 0 Å². The van der Waals surface area contributed by atoms with E-state index >= 15 is 0 Å². The Labute approximate surface area is 78.2 Å². The molecule has 0 fully saturated rings. The molecular weight excluding hydrogens is 172 g/mol. The van der Waals surface area contributed by atoms with E-state index in [0.717, 1.165) is 0 Å². The molecule has 0 aliphatic carbocycles. The van der Waals surface area contributed by atoms with Crippen molar-refractivity contribution in [1.29, 1.82) is 0 Å². The fourth-order valence-corrected chi connectivity index (χ4v) is 0.651. The summed E-state index contributed by atoms with van der Waals surface area (Å²) in [4.78, 5) is 10.9. The Bertz CT molecular complexity index is 176. The SMILES string of the molecule is C=C(C)C(=O)OCCC(C)OCO. The molecule has 0 aliphatic heterocycles. The average Bonchev–Trinajstić information content (AvgIpc) is 2.04. The van der Waals surface area contributed by atoms with Crippen LogP contribution in [-0.4, -0.2) is 30.6 Å². The number of carbonyl (C=O) groups is 1. The molecule has 0 saturated heterocycles. The van der Waals surface area contributed by atoms with Gasteiger partial charge in [0.05, 0.1) is 12.7 Å². The molecular formula is C9H16O4. The van der Waals surface area contributed by atoms with E-state index in [-0.39, 0.29) is 19.5 Å². The minimum Gasteiger partial charge on any atom is -0.462 e. The Balaban J connectivity index is 3.44. The van der Waals surface area contributed by atoms with Gasteiger partial charge in [-0.15, -0.1) is 0 Å². The van der Waals surface area contributed by atoms with Gasteiger partial charge in [0.2, 0.25) is 0 Å². The molecule has 13 heavy (non-hydrogen) atoms. The third-order valence-corrected chi connectivity index (χ3v) is 1.47. The van der Waals surface area contributed by atoms with Gasteiger partial charge in [-0.25, -0.2) is 4.79 Å². The van der Waals surface area contributed by atoms with Crippen molar-refractivity contribution in [3.05, 3.63) is 12.2 Å². The van der Waals surface area contributed by atoms with Crippen molar-refractivity contribution in [2.75, 3.05) is 13.4 Å². The van der Waals surface area contributed by atoms with E-state index in [9.17, 15) is 4.79 Å². The van der Waals surface area contributed by atoms with Gasteiger partial charge in [0.25, 0.3) is 0 Å². The fourth-order valence-electron chi connectivity index (χ4n) is 0.651. The van der Waals surface area contributed by atoms with E-state index < -0.39 is 5.97 Å². The van der Waals surface area contributed by atoms with Crippen LogP contribution in [0, 0.1) is 0 Å². The molecule has 1 N–H and O–H groups in total. The van der Waals surface area contributed by atoms with Crippen LogP contribution in [0.15, 0.2) is 12.2 Å². The van der Waals surface area contributed by atoms with E-state index in [2.05, 4.69) is 6.58 Å². The van der Waals surface area contributed by atoms with Gasteiger partial charge < -0.3 is 14.6 Å². The van der Waals surface area contributed by atoms with Crippen LogP contribution in [-0.2, 0) is 14.3 Å². The molecule has 0 aromatic heterocycles. The first-order valence-corrected chi connectivity index (χ1v) is 4.13. The zero-order valence-corrected chi connectivity index (χ0v) is 8.08. The van der Waals surface area contributed by atoms with E-state index in [1.165, 1.54) is 0 Å². The van der Waals surface area contributed by atoms with Gasteiger partial charge >= 0.3 is 5.97 Å². The molecule has 0 amide bonds. The molecule has 76 valence electrons. The monoisotopic (exact) mass is 188 g/mol. The van der Waals surface area contributed by atoms with E-state index in [1.54, 1.807) is 13.8 Å². The number of aliphatic hydroxyl groups excluding tert-OH is 1. The molecule has 0 radical (unpaired) electrons. The number of hydrogen-bond acceptors (Lipinski definition) is 4. The van der Waals surface area contributed by atoms with Crippen molar-refractivity contribution in [1.82, 2.24) is 0 Å². The Kier molecular flexibility index (Phi) is 6.18. The van der Waals surface area contributed by atoms with Gasteiger partial charge in [-0.1, -0.05) is 6.58 Å². The van der Waals surface area contributed by atoms with Crippen molar-refractivity contribution in [3.63, 3.8) is 0 Å².